The van der Waals surface area contributed by atoms with Crippen molar-refractivity contribution in [2.45, 2.75) is 76.4 Å². The van der Waals surface area contributed by atoms with Crippen LogP contribution < -0.4 is 0 Å². The highest BCUT2D eigenvalue weighted by Crippen LogP contribution is 2.54. The van der Waals surface area contributed by atoms with E-state index in [9.17, 15) is 9.90 Å². The van der Waals surface area contributed by atoms with Gasteiger partial charge in [0.2, 0.25) is 5.79 Å². The molecule has 29 heavy (non-hydrogen) atoms. The second kappa shape index (κ2) is 7.26. The van der Waals surface area contributed by atoms with E-state index in [2.05, 4.69) is 0 Å². The Balaban J connectivity index is 1.71. The maximum atomic E-state index is 12.9. The summed E-state index contributed by atoms with van der Waals surface area (Å²) in [5.41, 5.74) is 0.600. The van der Waals surface area contributed by atoms with Crippen LogP contribution in [0.4, 0.5) is 0 Å². The third-order valence-electron chi connectivity index (χ3n) is 5.68. The fraction of sp³-hybridized carbons (Fsp3) is 0.850. The van der Waals surface area contributed by atoms with Crippen LogP contribution in [-0.2, 0) is 38.0 Å². The Kier molecular flexibility index (Phi) is 5.30. The second-order valence-electron chi connectivity index (χ2n) is 8.63. The largest absolute Gasteiger partial charge is 0.465 e. The van der Waals surface area contributed by atoms with E-state index < -0.39 is 53.7 Å². The van der Waals surface area contributed by atoms with Crippen molar-refractivity contribution >= 4 is 5.97 Å². The van der Waals surface area contributed by atoms with Crippen molar-refractivity contribution in [2.75, 3.05) is 26.4 Å². The van der Waals surface area contributed by atoms with Crippen LogP contribution in [0.25, 0.3) is 0 Å². The molecule has 0 aromatic carbocycles. The lowest BCUT2D eigenvalue weighted by Gasteiger charge is -2.34. The second-order valence-corrected chi connectivity index (χ2v) is 8.63. The molecule has 1 N–H and O–H groups in total. The van der Waals surface area contributed by atoms with Crippen molar-refractivity contribution in [1.29, 1.82) is 0 Å². The molecule has 4 fully saturated rings. The van der Waals surface area contributed by atoms with E-state index in [0.29, 0.717) is 12.2 Å². The van der Waals surface area contributed by atoms with Crippen molar-refractivity contribution in [3.05, 3.63) is 11.6 Å². The van der Waals surface area contributed by atoms with Gasteiger partial charge in [0.05, 0.1) is 26.4 Å². The lowest BCUT2D eigenvalue weighted by atomic mass is 9.88. The molecular weight excluding hydrogens is 384 g/mol. The first-order valence-corrected chi connectivity index (χ1v) is 10.1. The number of hydrogen-bond donors (Lipinski definition) is 1. The number of rotatable bonds is 4. The van der Waals surface area contributed by atoms with Gasteiger partial charge in [-0.05, 0) is 40.2 Å². The summed E-state index contributed by atoms with van der Waals surface area (Å²) in [7, 11) is 0. The predicted molar refractivity (Wildman–Crippen MR) is 97.6 cm³/mol. The minimum atomic E-state index is -1.42. The first-order valence-electron chi connectivity index (χ1n) is 10.1. The number of fused-ring (bicyclic) bond motifs is 2. The fourth-order valence-electron chi connectivity index (χ4n) is 4.66. The van der Waals surface area contributed by atoms with E-state index in [-0.39, 0.29) is 19.8 Å². The predicted octanol–water partition coefficient (Wildman–Crippen LogP) is 0.881. The highest BCUT2D eigenvalue weighted by molar-refractivity contribution is 5.78. The van der Waals surface area contributed by atoms with Crippen molar-refractivity contribution in [2.24, 2.45) is 5.92 Å². The minimum Gasteiger partial charge on any atom is -0.465 e. The first-order chi connectivity index (χ1) is 13.6. The Morgan fingerprint density at radius 1 is 1.10 bits per heavy atom. The number of hydrogen-bond acceptors (Lipinski definition) is 9. The molecule has 4 aliphatic heterocycles. The SMILES string of the molecule is CCOC(=O)[C@@H]1/C(=C/CO)CO[C@@]12O[C@H]([C@H]1COC(C)(C)O1)[C@@H]1OC(C)(C)O[C@@H]12. The lowest BCUT2D eigenvalue weighted by molar-refractivity contribution is -0.298. The van der Waals surface area contributed by atoms with Gasteiger partial charge < -0.3 is 38.3 Å². The molecule has 4 aliphatic rings. The Hall–Kier alpha value is -1.07. The van der Waals surface area contributed by atoms with Crippen LogP contribution in [0.1, 0.15) is 34.6 Å². The van der Waals surface area contributed by atoms with Gasteiger partial charge >= 0.3 is 5.97 Å². The van der Waals surface area contributed by atoms with Crippen molar-refractivity contribution in [1.82, 2.24) is 0 Å². The highest BCUT2D eigenvalue weighted by Gasteiger charge is 2.72. The monoisotopic (exact) mass is 414 g/mol. The normalized spacial score (nSPS) is 43.9. The number of ether oxygens (including phenoxy) is 7. The molecular formula is C20H30O9. The maximum Gasteiger partial charge on any atom is 0.318 e. The van der Waals surface area contributed by atoms with Gasteiger partial charge in [0.25, 0.3) is 0 Å². The standard InChI is InChI=1S/C20H30O9/c1-6-23-17(22)13-11(7-8-21)9-25-20(13)16-15(27-19(4,5)29-16)14(28-20)12-10-24-18(2,3)26-12/h7,12-16,21H,6,8-10H2,1-5H3/b11-7+/t12-,13+,14-,15+,16+,20-/m1/s1. The minimum absolute atomic E-state index is 0.122. The summed E-state index contributed by atoms with van der Waals surface area (Å²) in [6, 6.07) is 0. The van der Waals surface area contributed by atoms with Crippen LogP contribution in [0.5, 0.6) is 0 Å². The van der Waals surface area contributed by atoms with E-state index in [1.165, 1.54) is 0 Å². The van der Waals surface area contributed by atoms with Crippen molar-refractivity contribution in [3.63, 3.8) is 0 Å². The summed E-state index contributed by atoms with van der Waals surface area (Å²) in [5.74, 6) is -4.41. The zero-order valence-corrected chi connectivity index (χ0v) is 17.5. The molecule has 0 aromatic heterocycles. The maximum absolute atomic E-state index is 12.9. The van der Waals surface area contributed by atoms with E-state index in [1.54, 1.807) is 13.0 Å². The summed E-state index contributed by atoms with van der Waals surface area (Å²) < 4.78 is 41.9. The zero-order valence-electron chi connectivity index (χ0n) is 17.5. The molecule has 1 spiro atoms. The number of carbonyl (C=O) groups is 1. The topological polar surface area (TPSA) is 102 Å². The van der Waals surface area contributed by atoms with Gasteiger partial charge in [0.1, 0.15) is 30.3 Å². The zero-order chi connectivity index (χ0) is 21.0. The van der Waals surface area contributed by atoms with Crippen LogP contribution >= 0.6 is 0 Å². The van der Waals surface area contributed by atoms with Gasteiger partial charge in [-0.15, -0.1) is 0 Å². The molecule has 0 radical (unpaired) electrons. The quantitative estimate of drug-likeness (QED) is 0.530. The van der Waals surface area contributed by atoms with E-state index in [1.807, 2.05) is 27.7 Å². The molecule has 0 bridgehead atoms. The van der Waals surface area contributed by atoms with Gasteiger partial charge in [0, 0.05) is 0 Å². The first kappa shape index (κ1) is 21.2. The molecule has 4 rings (SSSR count). The Morgan fingerprint density at radius 2 is 1.86 bits per heavy atom. The van der Waals surface area contributed by atoms with E-state index in [4.69, 9.17) is 33.2 Å². The van der Waals surface area contributed by atoms with Gasteiger partial charge in [-0.2, -0.15) is 0 Å². The summed E-state index contributed by atoms with van der Waals surface area (Å²) >= 11 is 0. The average Bonchev–Trinajstić information content (AvgIpc) is 3.32. The van der Waals surface area contributed by atoms with Crippen LogP contribution in [0, 0.1) is 5.92 Å². The smallest absolute Gasteiger partial charge is 0.318 e. The molecule has 0 aromatic rings. The van der Waals surface area contributed by atoms with Crippen LogP contribution in [0.15, 0.2) is 11.6 Å². The van der Waals surface area contributed by atoms with Crippen molar-refractivity contribution < 1.29 is 43.1 Å². The summed E-state index contributed by atoms with van der Waals surface area (Å²) in [6.45, 7) is 9.46. The van der Waals surface area contributed by atoms with Crippen LogP contribution in [0.3, 0.4) is 0 Å². The van der Waals surface area contributed by atoms with E-state index in [0.717, 1.165) is 0 Å². The summed E-state index contributed by atoms with van der Waals surface area (Å²) in [6.07, 6.45) is -0.603. The number of esters is 1. The molecule has 0 unspecified atom stereocenters. The average molecular weight is 414 g/mol. The molecule has 0 amide bonds. The molecule has 0 aliphatic carbocycles. The Labute approximate surface area is 170 Å². The molecule has 0 saturated carbocycles. The fourth-order valence-corrected chi connectivity index (χ4v) is 4.66. The van der Waals surface area contributed by atoms with Crippen LogP contribution in [0.2, 0.25) is 0 Å². The van der Waals surface area contributed by atoms with Crippen LogP contribution in [-0.4, -0.2) is 79.3 Å². The number of aliphatic hydroxyl groups excluding tert-OH is 1. The molecule has 164 valence electrons. The Bertz CT molecular complexity index is 687. The summed E-state index contributed by atoms with van der Waals surface area (Å²) in [4.78, 5) is 12.9. The number of aliphatic hydroxyl groups is 1. The molecule has 6 atom stereocenters. The van der Waals surface area contributed by atoms with Gasteiger partial charge in [-0.25, -0.2) is 0 Å². The van der Waals surface area contributed by atoms with Gasteiger partial charge in [-0.3, -0.25) is 4.79 Å². The highest BCUT2D eigenvalue weighted by atomic mass is 16.8. The Morgan fingerprint density at radius 3 is 2.48 bits per heavy atom. The molecule has 4 heterocycles. The lowest BCUT2D eigenvalue weighted by Crippen LogP contribution is -2.51. The third-order valence-corrected chi connectivity index (χ3v) is 5.68. The third kappa shape index (κ3) is 3.52. The molecule has 4 saturated heterocycles. The van der Waals surface area contributed by atoms with E-state index >= 15 is 0 Å². The molecule has 9 nitrogen and oxygen atoms in total. The van der Waals surface area contributed by atoms with Crippen molar-refractivity contribution in [3.8, 4) is 0 Å². The van der Waals surface area contributed by atoms with Gasteiger partial charge in [0.15, 0.2) is 11.6 Å². The van der Waals surface area contributed by atoms with Gasteiger partial charge in [-0.1, -0.05) is 6.08 Å². The molecule has 9 heteroatoms. The summed E-state index contributed by atoms with van der Waals surface area (Å²) in [5, 5.41) is 9.42. The number of carbonyl (C=O) groups excluding carboxylic acids is 1.